The molecule has 5 aromatic rings. The van der Waals surface area contributed by atoms with Gasteiger partial charge in [0.1, 0.15) is 11.5 Å². The predicted molar refractivity (Wildman–Crippen MR) is 148 cm³/mol. The maximum absolute atomic E-state index is 13.9. The summed E-state index contributed by atoms with van der Waals surface area (Å²) in [5.74, 6) is 1.40. The molecule has 7 heteroatoms. The molecule has 4 aromatic carbocycles. The van der Waals surface area contributed by atoms with Gasteiger partial charge in [0.25, 0.3) is 0 Å². The SMILES string of the molecule is COc1ccc(CNc2cccc(-c3c(Cc4ccccc4)cnc4c(C(F)(F)F)cccc34)c2)c(OC)c1. The van der Waals surface area contributed by atoms with Crippen molar-refractivity contribution >= 4 is 16.6 Å². The van der Waals surface area contributed by atoms with Gasteiger partial charge in [-0.15, -0.1) is 0 Å². The monoisotopic (exact) mass is 528 g/mol. The molecule has 1 aromatic heterocycles. The van der Waals surface area contributed by atoms with E-state index in [4.69, 9.17) is 9.47 Å². The molecule has 5 rings (SSSR count). The molecule has 0 aliphatic heterocycles. The zero-order chi connectivity index (χ0) is 27.4. The summed E-state index contributed by atoms with van der Waals surface area (Å²) in [5, 5.41) is 3.88. The Morgan fingerprint density at radius 3 is 2.33 bits per heavy atom. The first-order valence-electron chi connectivity index (χ1n) is 12.4. The van der Waals surface area contributed by atoms with Crippen LogP contribution in [0.25, 0.3) is 22.0 Å². The van der Waals surface area contributed by atoms with Crippen LogP contribution in [0.5, 0.6) is 11.5 Å². The maximum atomic E-state index is 13.9. The number of halogens is 3. The first-order chi connectivity index (χ1) is 18.9. The molecule has 0 aliphatic carbocycles. The normalized spacial score (nSPS) is 11.4. The number of anilines is 1. The first kappa shape index (κ1) is 26.1. The molecule has 0 unspecified atom stereocenters. The van der Waals surface area contributed by atoms with Gasteiger partial charge in [-0.2, -0.15) is 13.2 Å². The molecule has 0 saturated carbocycles. The van der Waals surface area contributed by atoms with Crippen molar-refractivity contribution < 1.29 is 22.6 Å². The molecule has 0 fully saturated rings. The minimum absolute atomic E-state index is 0.0573. The Kier molecular flexibility index (Phi) is 7.41. The molecule has 0 atom stereocenters. The highest BCUT2D eigenvalue weighted by atomic mass is 19.4. The zero-order valence-electron chi connectivity index (χ0n) is 21.5. The van der Waals surface area contributed by atoms with E-state index in [0.29, 0.717) is 29.9 Å². The summed E-state index contributed by atoms with van der Waals surface area (Å²) in [4.78, 5) is 4.30. The van der Waals surface area contributed by atoms with Gasteiger partial charge in [-0.25, -0.2) is 0 Å². The topological polar surface area (TPSA) is 43.4 Å². The summed E-state index contributed by atoms with van der Waals surface area (Å²) >= 11 is 0. The van der Waals surface area contributed by atoms with Crippen LogP contribution in [0.1, 0.15) is 22.3 Å². The van der Waals surface area contributed by atoms with E-state index < -0.39 is 11.7 Å². The third kappa shape index (κ3) is 5.67. The van der Waals surface area contributed by atoms with E-state index >= 15 is 0 Å². The number of benzene rings is 4. The number of alkyl halides is 3. The van der Waals surface area contributed by atoms with Gasteiger partial charge in [-0.3, -0.25) is 4.98 Å². The highest BCUT2D eigenvalue weighted by Gasteiger charge is 2.33. The van der Waals surface area contributed by atoms with Gasteiger partial charge in [0, 0.05) is 35.4 Å². The van der Waals surface area contributed by atoms with E-state index in [0.717, 1.165) is 39.6 Å². The summed E-state index contributed by atoms with van der Waals surface area (Å²) in [6.07, 6.45) is -2.40. The number of rotatable bonds is 8. The van der Waals surface area contributed by atoms with Crippen molar-refractivity contribution in [3.63, 3.8) is 0 Å². The minimum Gasteiger partial charge on any atom is -0.497 e. The van der Waals surface area contributed by atoms with E-state index in [2.05, 4.69) is 10.3 Å². The standard InChI is InChI=1S/C32H27F3N2O2/c1-38-26-15-14-23(29(18-26)39-2)19-36-25-11-6-10-22(17-25)30-24(16-21-8-4-3-5-9-21)20-37-31-27(30)12-7-13-28(31)32(33,34)35/h3-15,17-18,20,36H,16,19H2,1-2H3. The van der Waals surface area contributed by atoms with Crippen molar-refractivity contribution in [3.05, 3.63) is 119 Å². The van der Waals surface area contributed by atoms with Crippen LogP contribution in [0.2, 0.25) is 0 Å². The fourth-order valence-electron chi connectivity index (χ4n) is 4.76. The van der Waals surface area contributed by atoms with Crippen molar-refractivity contribution in [3.8, 4) is 22.6 Å². The summed E-state index contributed by atoms with van der Waals surface area (Å²) in [6, 6.07) is 27.4. The van der Waals surface area contributed by atoms with Gasteiger partial charge in [-0.05, 0) is 59.0 Å². The number of hydrogen-bond acceptors (Lipinski definition) is 4. The highest BCUT2D eigenvalue weighted by molar-refractivity contribution is 5.98. The van der Waals surface area contributed by atoms with Gasteiger partial charge in [0.15, 0.2) is 0 Å². The fraction of sp³-hybridized carbons (Fsp3) is 0.156. The van der Waals surface area contributed by atoms with Crippen LogP contribution in [0.15, 0.2) is 97.2 Å². The van der Waals surface area contributed by atoms with Crippen LogP contribution < -0.4 is 14.8 Å². The average Bonchev–Trinajstić information content (AvgIpc) is 2.95. The molecule has 198 valence electrons. The van der Waals surface area contributed by atoms with Gasteiger partial charge >= 0.3 is 6.18 Å². The Morgan fingerprint density at radius 1 is 0.795 bits per heavy atom. The molecular weight excluding hydrogens is 501 g/mol. The number of aromatic nitrogens is 1. The molecule has 0 bridgehead atoms. The summed E-state index contributed by atoms with van der Waals surface area (Å²) in [6.45, 7) is 0.489. The Hall–Kier alpha value is -4.52. The van der Waals surface area contributed by atoms with Crippen LogP contribution in [0, 0.1) is 0 Å². The second kappa shape index (κ2) is 11.1. The first-order valence-corrected chi connectivity index (χ1v) is 12.4. The number of nitrogens with zero attached hydrogens (tertiary/aromatic N) is 1. The van der Waals surface area contributed by atoms with Crippen LogP contribution in [-0.4, -0.2) is 19.2 Å². The van der Waals surface area contributed by atoms with Gasteiger partial charge in [-0.1, -0.05) is 54.6 Å². The van der Waals surface area contributed by atoms with Gasteiger partial charge in [0.2, 0.25) is 0 Å². The minimum atomic E-state index is -4.51. The largest absolute Gasteiger partial charge is 0.497 e. The fourth-order valence-corrected chi connectivity index (χ4v) is 4.76. The number of nitrogens with one attached hydrogen (secondary N) is 1. The summed E-state index contributed by atoms with van der Waals surface area (Å²) in [7, 11) is 3.21. The van der Waals surface area contributed by atoms with Crippen molar-refractivity contribution in [2.45, 2.75) is 19.1 Å². The number of para-hydroxylation sites is 1. The van der Waals surface area contributed by atoms with Crippen LogP contribution >= 0.6 is 0 Å². The van der Waals surface area contributed by atoms with Crippen molar-refractivity contribution in [2.24, 2.45) is 0 Å². The Bertz CT molecular complexity index is 1600. The Labute approximate surface area is 225 Å². The number of ether oxygens (including phenoxy) is 2. The second-order valence-corrected chi connectivity index (χ2v) is 9.13. The van der Waals surface area contributed by atoms with Crippen LogP contribution in [-0.2, 0) is 19.1 Å². The summed E-state index contributed by atoms with van der Waals surface area (Å²) < 4.78 is 52.4. The van der Waals surface area contributed by atoms with E-state index in [-0.39, 0.29) is 5.52 Å². The smallest absolute Gasteiger partial charge is 0.418 e. The van der Waals surface area contributed by atoms with E-state index in [1.165, 1.54) is 6.07 Å². The van der Waals surface area contributed by atoms with E-state index in [9.17, 15) is 13.2 Å². The third-order valence-corrected chi connectivity index (χ3v) is 6.65. The molecule has 4 nitrogen and oxygen atoms in total. The lowest BCUT2D eigenvalue weighted by molar-refractivity contribution is -0.136. The molecule has 0 saturated heterocycles. The Balaban J connectivity index is 1.57. The molecule has 0 amide bonds. The molecule has 1 N–H and O–H groups in total. The lowest BCUT2D eigenvalue weighted by Gasteiger charge is -2.17. The van der Waals surface area contributed by atoms with Gasteiger partial charge < -0.3 is 14.8 Å². The summed E-state index contributed by atoms with van der Waals surface area (Å²) in [5.41, 5.74) is 4.41. The van der Waals surface area contributed by atoms with Crippen molar-refractivity contribution in [1.82, 2.24) is 4.98 Å². The number of pyridine rings is 1. The molecule has 0 spiro atoms. The second-order valence-electron chi connectivity index (χ2n) is 9.13. The van der Waals surface area contributed by atoms with Crippen LogP contribution in [0.3, 0.4) is 0 Å². The average molecular weight is 529 g/mol. The number of fused-ring (bicyclic) bond motifs is 1. The molecule has 0 radical (unpaired) electrons. The number of hydrogen-bond donors (Lipinski definition) is 1. The van der Waals surface area contributed by atoms with Crippen molar-refractivity contribution in [1.29, 1.82) is 0 Å². The van der Waals surface area contributed by atoms with Crippen molar-refractivity contribution in [2.75, 3.05) is 19.5 Å². The number of methoxy groups -OCH3 is 2. The maximum Gasteiger partial charge on any atom is 0.418 e. The zero-order valence-corrected chi connectivity index (χ0v) is 21.5. The Morgan fingerprint density at radius 2 is 1.59 bits per heavy atom. The molecule has 0 aliphatic rings. The lowest BCUT2D eigenvalue weighted by Crippen LogP contribution is -2.07. The quantitative estimate of drug-likeness (QED) is 0.221. The highest BCUT2D eigenvalue weighted by Crippen LogP contribution is 2.39. The predicted octanol–water partition coefficient (Wildman–Crippen LogP) is 8.14. The van der Waals surface area contributed by atoms with Gasteiger partial charge in [0.05, 0.1) is 25.3 Å². The third-order valence-electron chi connectivity index (χ3n) is 6.65. The molecular formula is C32H27F3N2O2. The van der Waals surface area contributed by atoms with E-state index in [1.54, 1.807) is 26.5 Å². The molecule has 39 heavy (non-hydrogen) atoms. The van der Waals surface area contributed by atoms with Crippen LogP contribution in [0.4, 0.5) is 18.9 Å². The lowest BCUT2D eigenvalue weighted by atomic mass is 9.91. The molecule has 1 heterocycles. The van der Waals surface area contributed by atoms with E-state index in [1.807, 2.05) is 72.8 Å².